The number of ether oxygens (including phenoxy) is 1. The Labute approximate surface area is 169 Å². The molecule has 9 nitrogen and oxygen atoms in total. The lowest BCUT2D eigenvalue weighted by atomic mass is 10.2. The number of nitrogens with one attached hydrogen (secondary N) is 1. The lowest BCUT2D eigenvalue weighted by Gasteiger charge is -2.36. The van der Waals surface area contributed by atoms with Crippen LogP contribution in [-0.2, 0) is 9.53 Å². The summed E-state index contributed by atoms with van der Waals surface area (Å²) in [4.78, 5) is 37.8. The van der Waals surface area contributed by atoms with Crippen LogP contribution in [-0.4, -0.2) is 67.3 Å². The fraction of sp³-hybridized carbons (Fsp3) is 0.400. The van der Waals surface area contributed by atoms with Crippen LogP contribution < -0.4 is 20.0 Å². The van der Waals surface area contributed by atoms with E-state index in [0.717, 1.165) is 43.4 Å². The van der Waals surface area contributed by atoms with Crippen LogP contribution in [0.5, 0.6) is 0 Å². The summed E-state index contributed by atoms with van der Waals surface area (Å²) >= 11 is 0. The minimum Gasteiger partial charge on any atom is -0.442 e. The maximum absolute atomic E-state index is 12.2. The van der Waals surface area contributed by atoms with Crippen molar-refractivity contribution < 1.29 is 14.3 Å². The van der Waals surface area contributed by atoms with Gasteiger partial charge in [0.2, 0.25) is 5.91 Å². The smallest absolute Gasteiger partial charge is 0.414 e. The van der Waals surface area contributed by atoms with Crippen LogP contribution in [0.25, 0.3) is 0 Å². The first-order valence-electron chi connectivity index (χ1n) is 9.69. The molecule has 1 aromatic carbocycles. The summed E-state index contributed by atoms with van der Waals surface area (Å²) in [6, 6.07) is 7.93. The highest BCUT2D eigenvalue weighted by atomic mass is 16.6. The van der Waals surface area contributed by atoms with Crippen molar-refractivity contribution in [3.63, 3.8) is 0 Å². The van der Waals surface area contributed by atoms with Crippen molar-refractivity contribution in [3.8, 4) is 0 Å². The summed E-state index contributed by atoms with van der Waals surface area (Å²) in [7, 11) is 0. The first-order valence-corrected chi connectivity index (χ1v) is 9.69. The van der Waals surface area contributed by atoms with E-state index in [4.69, 9.17) is 4.74 Å². The SMILES string of the molecule is CC(=O)NC[C@H]1CN(c2ccc(N3CCN(c4cnccn4)CC3)cc2)C(=O)O1. The lowest BCUT2D eigenvalue weighted by molar-refractivity contribution is -0.119. The number of anilines is 3. The number of hydrogen-bond donors (Lipinski definition) is 1. The average molecular weight is 396 g/mol. The molecule has 0 bridgehead atoms. The molecular weight excluding hydrogens is 372 g/mol. The fourth-order valence-electron chi connectivity index (χ4n) is 3.59. The van der Waals surface area contributed by atoms with Gasteiger partial charge in [-0.2, -0.15) is 0 Å². The van der Waals surface area contributed by atoms with Crippen molar-refractivity contribution in [2.24, 2.45) is 0 Å². The number of nitrogens with zero attached hydrogens (tertiary/aromatic N) is 5. The van der Waals surface area contributed by atoms with E-state index >= 15 is 0 Å². The number of benzene rings is 1. The second kappa shape index (κ2) is 8.34. The van der Waals surface area contributed by atoms with Gasteiger partial charge in [-0.15, -0.1) is 0 Å². The van der Waals surface area contributed by atoms with Gasteiger partial charge in [-0.25, -0.2) is 9.78 Å². The van der Waals surface area contributed by atoms with E-state index in [0.29, 0.717) is 13.1 Å². The third-order valence-corrected chi connectivity index (χ3v) is 5.13. The minimum absolute atomic E-state index is 0.136. The van der Waals surface area contributed by atoms with Crippen LogP contribution in [0.3, 0.4) is 0 Å². The number of amides is 2. The Kier molecular flexibility index (Phi) is 5.46. The van der Waals surface area contributed by atoms with Crippen LogP contribution >= 0.6 is 0 Å². The summed E-state index contributed by atoms with van der Waals surface area (Å²) in [6.07, 6.45) is 4.47. The summed E-state index contributed by atoms with van der Waals surface area (Å²) in [5.41, 5.74) is 1.91. The quantitative estimate of drug-likeness (QED) is 0.814. The van der Waals surface area contributed by atoms with Crippen molar-refractivity contribution in [2.75, 3.05) is 54.0 Å². The second-order valence-electron chi connectivity index (χ2n) is 7.11. The zero-order valence-corrected chi connectivity index (χ0v) is 16.3. The van der Waals surface area contributed by atoms with E-state index in [-0.39, 0.29) is 18.1 Å². The lowest BCUT2D eigenvalue weighted by Crippen LogP contribution is -2.46. The number of aromatic nitrogens is 2. The molecule has 2 amide bonds. The highest BCUT2D eigenvalue weighted by Gasteiger charge is 2.32. The largest absolute Gasteiger partial charge is 0.442 e. The summed E-state index contributed by atoms with van der Waals surface area (Å²) in [5.74, 6) is 0.770. The molecule has 9 heteroatoms. The Morgan fingerprint density at radius 3 is 2.45 bits per heavy atom. The normalized spacial score (nSPS) is 19.3. The number of carbonyl (C=O) groups is 2. The van der Waals surface area contributed by atoms with Crippen LogP contribution in [0.1, 0.15) is 6.92 Å². The molecular formula is C20H24N6O3. The summed E-state index contributed by atoms with van der Waals surface area (Å²) in [5, 5.41) is 2.69. The van der Waals surface area contributed by atoms with Gasteiger partial charge in [0.15, 0.2) is 0 Å². The molecule has 4 rings (SSSR count). The van der Waals surface area contributed by atoms with E-state index in [1.807, 2.05) is 24.3 Å². The second-order valence-corrected chi connectivity index (χ2v) is 7.11. The topological polar surface area (TPSA) is 90.9 Å². The van der Waals surface area contributed by atoms with E-state index in [9.17, 15) is 9.59 Å². The van der Waals surface area contributed by atoms with Gasteiger partial charge in [-0.05, 0) is 24.3 Å². The zero-order valence-electron chi connectivity index (χ0n) is 16.3. The van der Waals surface area contributed by atoms with E-state index < -0.39 is 0 Å². The molecule has 1 atom stereocenters. The van der Waals surface area contributed by atoms with Gasteiger partial charge in [0, 0.05) is 56.9 Å². The molecule has 152 valence electrons. The molecule has 2 fully saturated rings. The Bertz CT molecular complexity index is 852. The van der Waals surface area contributed by atoms with Gasteiger partial charge < -0.3 is 19.9 Å². The van der Waals surface area contributed by atoms with E-state index in [1.54, 1.807) is 23.5 Å². The van der Waals surface area contributed by atoms with Crippen LogP contribution in [0.2, 0.25) is 0 Å². The first kappa shape index (κ1) is 19.0. The molecule has 1 aromatic heterocycles. The monoisotopic (exact) mass is 396 g/mol. The third-order valence-electron chi connectivity index (χ3n) is 5.13. The van der Waals surface area contributed by atoms with E-state index in [2.05, 4.69) is 25.1 Å². The molecule has 2 aliphatic heterocycles. The highest BCUT2D eigenvalue weighted by Crippen LogP contribution is 2.26. The Morgan fingerprint density at radius 1 is 1.10 bits per heavy atom. The third kappa shape index (κ3) is 4.39. The molecule has 2 aromatic rings. The van der Waals surface area contributed by atoms with Crippen LogP contribution in [0, 0.1) is 0 Å². The van der Waals surface area contributed by atoms with E-state index in [1.165, 1.54) is 6.92 Å². The molecule has 2 aliphatic rings. The van der Waals surface area contributed by atoms with Crippen LogP contribution in [0.15, 0.2) is 42.9 Å². The standard InChI is InChI=1S/C20H24N6O3/c1-15(27)23-12-18-14-26(20(28)29-18)17-4-2-16(3-5-17)24-8-10-25(11-9-24)19-13-21-6-7-22-19/h2-7,13,18H,8-12,14H2,1H3,(H,23,27)/t18-/m0/s1. The predicted octanol–water partition coefficient (Wildman–Crippen LogP) is 1.26. The number of carbonyl (C=O) groups excluding carboxylic acids is 2. The molecule has 2 saturated heterocycles. The number of piperazine rings is 1. The fourth-order valence-corrected chi connectivity index (χ4v) is 3.59. The van der Waals surface area contributed by atoms with Crippen molar-refractivity contribution in [1.82, 2.24) is 15.3 Å². The molecule has 0 spiro atoms. The first-order chi connectivity index (χ1) is 14.1. The van der Waals surface area contributed by atoms with Gasteiger partial charge in [-0.3, -0.25) is 14.7 Å². The number of hydrogen-bond acceptors (Lipinski definition) is 7. The van der Waals surface area contributed by atoms with Crippen LogP contribution in [0.4, 0.5) is 22.0 Å². The maximum Gasteiger partial charge on any atom is 0.414 e. The minimum atomic E-state index is -0.384. The average Bonchev–Trinajstić information content (AvgIpc) is 3.14. The van der Waals surface area contributed by atoms with Gasteiger partial charge in [0.1, 0.15) is 11.9 Å². The number of cyclic esters (lactones) is 1. The van der Waals surface area contributed by atoms with Gasteiger partial charge in [-0.1, -0.05) is 0 Å². The van der Waals surface area contributed by atoms with Crippen molar-refractivity contribution >= 4 is 29.2 Å². The summed E-state index contributed by atoms with van der Waals surface area (Å²) in [6.45, 7) is 5.73. The van der Waals surface area contributed by atoms with Crippen molar-refractivity contribution in [3.05, 3.63) is 42.9 Å². The molecule has 0 aliphatic carbocycles. The predicted molar refractivity (Wildman–Crippen MR) is 109 cm³/mol. The van der Waals surface area contributed by atoms with Gasteiger partial charge in [0.05, 0.1) is 19.3 Å². The molecule has 3 heterocycles. The Hall–Kier alpha value is -3.36. The van der Waals surface area contributed by atoms with Gasteiger partial charge in [0.25, 0.3) is 0 Å². The Morgan fingerprint density at radius 2 is 1.79 bits per heavy atom. The Balaban J connectivity index is 1.34. The molecule has 29 heavy (non-hydrogen) atoms. The molecule has 0 saturated carbocycles. The van der Waals surface area contributed by atoms with Crippen molar-refractivity contribution in [2.45, 2.75) is 13.0 Å². The molecule has 0 radical (unpaired) electrons. The maximum atomic E-state index is 12.2. The van der Waals surface area contributed by atoms with Gasteiger partial charge >= 0.3 is 6.09 Å². The summed E-state index contributed by atoms with van der Waals surface area (Å²) < 4.78 is 5.32. The zero-order chi connectivity index (χ0) is 20.2. The molecule has 0 unspecified atom stereocenters. The highest BCUT2D eigenvalue weighted by molar-refractivity contribution is 5.90. The van der Waals surface area contributed by atoms with Crippen molar-refractivity contribution in [1.29, 1.82) is 0 Å². The molecule has 1 N–H and O–H groups in total. The number of rotatable bonds is 5.